The van der Waals surface area contributed by atoms with E-state index < -0.39 is 10.7 Å². The van der Waals surface area contributed by atoms with Crippen LogP contribution in [0.4, 0.5) is 11.4 Å². The first-order valence-electron chi connectivity index (χ1n) is 9.74. The van der Waals surface area contributed by atoms with Gasteiger partial charge in [-0.05, 0) is 41.3 Å². The number of phenols is 1. The molecule has 1 aromatic heterocycles. The molecule has 0 bridgehead atoms. The number of aromatic hydroxyl groups is 1. The molecule has 1 heterocycles. The van der Waals surface area contributed by atoms with E-state index in [9.17, 15) is 15.2 Å². The molecule has 0 fully saturated rings. The molecule has 4 rings (SSSR count). The Morgan fingerprint density at radius 2 is 1.84 bits per heavy atom. The van der Waals surface area contributed by atoms with Gasteiger partial charge in [0.2, 0.25) is 11.6 Å². The molecular formula is C24H21N3O4. The van der Waals surface area contributed by atoms with Gasteiger partial charge in [-0.1, -0.05) is 39.0 Å². The van der Waals surface area contributed by atoms with Gasteiger partial charge in [0, 0.05) is 29.5 Å². The lowest BCUT2D eigenvalue weighted by atomic mass is 9.87. The number of nitro benzene ring substituents is 1. The highest BCUT2D eigenvalue weighted by Gasteiger charge is 2.16. The average molecular weight is 415 g/mol. The molecule has 0 radical (unpaired) electrons. The van der Waals surface area contributed by atoms with Gasteiger partial charge in [-0.2, -0.15) is 0 Å². The van der Waals surface area contributed by atoms with E-state index in [-0.39, 0.29) is 16.7 Å². The molecule has 0 aliphatic carbocycles. The lowest BCUT2D eigenvalue weighted by molar-refractivity contribution is -0.385. The summed E-state index contributed by atoms with van der Waals surface area (Å²) in [5, 5.41) is 21.0. The molecular weight excluding hydrogens is 394 g/mol. The minimum Gasteiger partial charge on any atom is -0.502 e. The normalized spacial score (nSPS) is 12.0. The fraction of sp³-hybridized carbons (Fsp3) is 0.167. The summed E-state index contributed by atoms with van der Waals surface area (Å²) < 4.78 is 5.92. The van der Waals surface area contributed by atoms with Crippen molar-refractivity contribution in [2.75, 3.05) is 0 Å². The first kappa shape index (κ1) is 20.3. The number of hydrogen-bond acceptors (Lipinski definition) is 6. The van der Waals surface area contributed by atoms with Gasteiger partial charge >= 0.3 is 5.69 Å². The molecule has 7 heteroatoms. The summed E-state index contributed by atoms with van der Waals surface area (Å²) in [6.07, 6.45) is 1.38. The van der Waals surface area contributed by atoms with Crippen LogP contribution in [0.1, 0.15) is 31.9 Å². The lowest BCUT2D eigenvalue weighted by Gasteiger charge is -2.18. The number of aromatic nitrogens is 1. The summed E-state index contributed by atoms with van der Waals surface area (Å²) >= 11 is 0. The zero-order valence-electron chi connectivity index (χ0n) is 17.4. The van der Waals surface area contributed by atoms with Crippen LogP contribution in [0.25, 0.3) is 22.6 Å². The predicted octanol–water partition coefficient (Wildman–Crippen LogP) is 6.16. The summed E-state index contributed by atoms with van der Waals surface area (Å²) in [5.41, 5.74) is 3.93. The van der Waals surface area contributed by atoms with Crippen LogP contribution in [0.2, 0.25) is 0 Å². The van der Waals surface area contributed by atoms with Crippen LogP contribution in [0.5, 0.6) is 5.75 Å². The third-order valence-electron chi connectivity index (χ3n) is 4.97. The van der Waals surface area contributed by atoms with Crippen LogP contribution in [0.15, 0.2) is 70.1 Å². The zero-order chi connectivity index (χ0) is 22.2. The molecule has 4 aromatic rings. The summed E-state index contributed by atoms with van der Waals surface area (Å²) in [7, 11) is 0. The van der Waals surface area contributed by atoms with Gasteiger partial charge in [0.25, 0.3) is 0 Å². The molecule has 0 spiro atoms. The van der Waals surface area contributed by atoms with Crippen molar-refractivity contribution in [1.29, 1.82) is 0 Å². The molecule has 156 valence electrons. The maximum absolute atomic E-state index is 11.0. The molecule has 0 atom stereocenters. The molecule has 7 nitrogen and oxygen atoms in total. The van der Waals surface area contributed by atoms with Gasteiger partial charge in [0.05, 0.1) is 10.6 Å². The van der Waals surface area contributed by atoms with Gasteiger partial charge < -0.3 is 9.52 Å². The summed E-state index contributed by atoms with van der Waals surface area (Å²) in [6.45, 7) is 6.49. The van der Waals surface area contributed by atoms with Crippen molar-refractivity contribution < 1.29 is 14.4 Å². The first-order valence-corrected chi connectivity index (χ1v) is 9.74. The van der Waals surface area contributed by atoms with Crippen LogP contribution in [0, 0.1) is 10.1 Å². The topological polar surface area (TPSA) is 102 Å². The molecule has 0 saturated heterocycles. The molecule has 31 heavy (non-hydrogen) atoms. The zero-order valence-corrected chi connectivity index (χ0v) is 17.4. The smallest absolute Gasteiger partial charge is 0.311 e. The monoisotopic (exact) mass is 415 g/mol. The number of oxazole rings is 1. The molecule has 0 aliphatic rings. The van der Waals surface area contributed by atoms with Crippen LogP contribution >= 0.6 is 0 Å². The van der Waals surface area contributed by atoms with E-state index in [1.165, 1.54) is 23.9 Å². The van der Waals surface area contributed by atoms with E-state index in [0.717, 1.165) is 5.56 Å². The van der Waals surface area contributed by atoms with Crippen LogP contribution in [0.3, 0.4) is 0 Å². The maximum atomic E-state index is 11.0. The summed E-state index contributed by atoms with van der Waals surface area (Å²) in [5.74, 6) is 0.103. The van der Waals surface area contributed by atoms with Crippen molar-refractivity contribution in [3.8, 4) is 17.2 Å². The predicted molar refractivity (Wildman–Crippen MR) is 120 cm³/mol. The standard InChI is InChI=1S/C24H21N3O4/c1-24(2,3)17-9-7-15(8-10-17)23-26-19-12-11-18(13-21(19)31-23)25-14-16-5-4-6-20(22(16)28)27(29)30/h4-14,28H,1-3H3. The van der Waals surface area contributed by atoms with Gasteiger partial charge in [-0.15, -0.1) is 0 Å². The van der Waals surface area contributed by atoms with Crippen molar-refractivity contribution >= 4 is 28.7 Å². The number of phenolic OH excluding ortho intramolecular Hbond substituents is 1. The Hall–Kier alpha value is -4.00. The first-order chi connectivity index (χ1) is 14.7. The molecule has 0 aliphatic heterocycles. The third kappa shape index (κ3) is 4.16. The number of rotatable bonds is 4. The van der Waals surface area contributed by atoms with E-state index in [1.54, 1.807) is 24.3 Å². The van der Waals surface area contributed by atoms with Crippen LogP contribution < -0.4 is 0 Å². The maximum Gasteiger partial charge on any atom is 0.311 e. The molecule has 0 saturated carbocycles. The van der Waals surface area contributed by atoms with Gasteiger partial charge in [0.15, 0.2) is 5.58 Å². The Morgan fingerprint density at radius 1 is 1.10 bits per heavy atom. The minimum atomic E-state index is -0.636. The summed E-state index contributed by atoms with van der Waals surface area (Å²) in [6, 6.07) is 17.7. The third-order valence-corrected chi connectivity index (χ3v) is 4.97. The number of para-hydroxylation sites is 1. The number of benzene rings is 3. The number of hydrogen-bond donors (Lipinski definition) is 1. The number of fused-ring (bicyclic) bond motifs is 1. The highest BCUT2D eigenvalue weighted by molar-refractivity contribution is 5.88. The van der Waals surface area contributed by atoms with Gasteiger partial charge in [0.1, 0.15) is 5.52 Å². The van der Waals surface area contributed by atoms with Crippen LogP contribution in [-0.2, 0) is 5.41 Å². The fourth-order valence-electron chi connectivity index (χ4n) is 3.17. The van der Waals surface area contributed by atoms with Gasteiger partial charge in [-0.3, -0.25) is 15.1 Å². The highest BCUT2D eigenvalue weighted by atomic mass is 16.6. The Morgan fingerprint density at radius 3 is 2.52 bits per heavy atom. The lowest BCUT2D eigenvalue weighted by Crippen LogP contribution is -2.10. The van der Waals surface area contributed by atoms with Crippen LogP contribution in [-0.4, -0.2) is 21.2 Å². The quantitative estimate of drug-likeness (QED) is 0.244. The summed E-state index contributed by atoms with van der Waals surface area (Å²) in [4.78, 5) is 19.2. The minimum absolute atomic E-state index is 0.0698. The fourth-order valence-corrected chi connectivity index (χ4v) is 3.17. The average Bonchev–Trinajstić information content (AvgIpc) is 3.15. The second-order valence-electron chi connectivity index (χ2n) is 8.23. The van der Waals surface area contributed by atoms with Crippen molar-refractivity contribution in [3.05, 3.63) is 81.9 Å². The second kappa shape index (κ2) is 7.68. The van der Waals surface area contributed by atoms with E-state index >= 15 is 0 Å². The molecule has 0 amide bonds. The van der Waals surface area contributed by atoms with E-state index in [0.29, 0.717) is 22.7 Å². The molecule has 3 aromatic carbocycles. The number of aliphatic imine (C=N–C) groups is 1. The van der Waals surface area contributed by atoms with Crippen molar-refractivity contribution in [3.63, 3.8) is 0 Å². The SMILES string of the molecule is CC(C)(C)c1ccc(-c2nc3ccc(N=Cc4cccc([N+](=O)[O-])c4O)cc3o2)cc1. The Bertz CT molecular complexity index is 1300. The largest absolute Gasteiger partial charge is 0.502 e. The molecule has 0 unspecified atom stereocenters. The highest BCUT2D eigenvalue weighted by Crippen LogP contribution is 2.31. The Kier molecular flexibility index (Phi) is 5.02. The number of nitro groups is 1. The van der Waals surface area contributed by atoms with Crippen molar-refractivity contribution in [2.45, 2.75) is 26.2 Å². The second-order valence-corrected chi connectivity index (χ2v) is 8.23. The number of nitrogens with zero attached hydrogens (tertiary/aromatic N) is 3. The van der Waals surface area contributed by atoms with Crippen molar-refractivity contribution in [1.82, 2.24) is 4.98 Å². The van der Waals surface area contributed by atoms with Gasteiger partial charge in [-0.25, -0.2) is 4.98 Å². The molecule has 1 N–H and O–H groups in total. The van der Waals surface area contributed by atoms with E-state index in [4.69, 9.17) is 4.42 Å². The van der Waals surface area contributed by atoms with Crippen molar-refractivity contribution in [2.24, 2.45) is 4.99 Å². The van der Waals surface area contributed by atoms with E-state index in [2.05, 4.69) is 42.9 Å². The Labute approximate surface area is 178 Å². The van der Waals surface area contributed by atoms with E-state index in [1.807, 2.05) is 12.1 Å². The Balaban J connectivity index is 1.62.